The van der Waals surface area contributed by atoms with Crippen molar-refractivity contribution in [2.24, 2.45) is 0 Å². The highest BCUT2D eigenvalue weighted by Crippen LogP contribution is 2.47. The Bertz CT molecular complexity index is 459. The molecule has 0 radical (unpaired) electrons. The first-order chi connectivity index (χ1) is 9.78. The van der Waals surface area contributed by atoms with E-state index in [9.17, 15) is 4.79 Å². The summed E-state index contributed by atoms with van der Waals surface area (Å²) in [5, 5.41) is 6.56. The smallest absolute Gasteiger partial charge is 0.221 e. The fourth-order valence-electron chi connectivity index (χ4n) is 2.82. The van der Waals surface area contributed by atoms with Crippen molar-refractivity contribution in [2.45, 2.75) is 30.7 Å². The molecule has 3 nitrogen and oxygen atoms in total. The first-order valence-electron chi connectivity index (χ1n) is 7.42. The molecule has 3 rings (SSSR count). The summed E-state index contributed by atoms with van der Waals surface area (Å²) in [6.07, 6.45) is 2.99. The minimum absolute atomic E-state index is 0. The molecule has 2 aliphatic rings. The van der Waals surface area contributed by atoms with Gasteiger partial charge in [0.05, 0.1) is 0 Å². The van der Waals surface area contributed by atoms with Gasteiger partial charge in [-0.1, -0.05) is 30.3 Å². The number of rotatable bonds is 5. The van der Waals surface area contributed by atoms with Gasteiger partial charge in [-0.25, -0.2) is 0 Å². The Morgan fingerprint density at radius 1 is 1.33 bits per heavy atom. The third-order valence-corrected chi connectivity index (χ3v) is 5.42. The summed E-state index contributed by atoms with van der Waals surface area (Å²) < 4.78 is 0. The van der Waals surface area contributed by atoms with Crippen LogP contribution in [0.5, 0.6) is 0 Å². The van der Waals surface area contributed by atoms with E-state index in [-0.39, 0.29) is 23.7 Å². The number of benzene rings is 1. The molecule has 1 aliphatic carbocycles. The van der Waals surface area contributed by atoms with Gasteiger partial charge in [0.1, 0.15) is 0 Å². The van der Waals surface area contributed by atoms with Crippen LogP contribution in [0, 0.1) is 0 Å². The summed E-state index contributed by atoms with van der Waals surface area (Å²) in [4.78, 5) is 12.1. The predicted molar refractivity (Wildman–Crippen MR) is 91.3 cm³/mol. The van der Waals surface area contributed by atoms with Crippen molar-refractivity contribution in [1.29, 1.82) is 0 Å². The maximum absolute atomic E-state index is 12.1. The van der Waals surface area contributed by atoms with E-state index in [1.54, 1.807) is 0 Å². The zero-order valence-electron chi connectivity index (χ0n) is 12.1. The molecular weight excluding hydrogens is 304 g/mol. The van der Waals surface area contributed by atoms with Crippen LogP contribution < -0.4 is 10.6 Å². The Balaban J connectivity index is 0.00000161. The highest BCUT2D eigenvalue weighted by molar-refractivity contribution is 7.99. The van der Waals surface area contributed by atoms with Gasteiger partial charge in [-0.15, -0.1) is 12.4 Å². The Labute approximate surface area is 137 Å². The van der Waals surface area contributed by atoms with Gasteiger partial charge in [0.2, 0.25) is 5.91 Å². The lowest BCUT2D eigenvalue weighted by Gasteiger charge is -2.23. The summed E-state index contributed by atoms with van der Waals surface area (Å²) in [6, 6.07) is 10.9. The van der Waals surface area contributed by atoms with Crippen LogP contribution in [0.3, 0.4) is 0 Å². The Hall–Kier alpha value is -0.710. The van der Waals surface area contributed by atoms with Crippen LogP contribution in [-0.4, -0.2) is 36.5 Å². The van der Waals surface area contributed by atoms with Crippen LogP contribution in [0.2, 0.25) is 0 Å². The first-order valence-corrected chi connectivity index (χ1v) is 8.57. The first kappa shape index (κ1) is 16.7. The number of nitrogens with one attached hydrogen (secondary N) is 2. The van der Waals surface area contributed by atoms with Gasteiger partial charge in [0.15, 0.2) is 0 Å². The highest BCUT2D eigenvalue weighted by Gasteiger charge is 2.44. The fourth-order valence-corrected chi connectivity index (χ4v) is 3.77. The molecule has 1 aromatic carbocycles. The molecule has 1 amide bonds. The maximum Gasteiger partial charge on any atom is 0.221 e. The average Bonchev–Trinajstić information content (AvgIpc) is 3.28. The average molecular weight is 327 g/mol. The Morgan fingerprint density at radius 2 is 2.10 bits per heavy atom. The van der Waals surface area contributed by atoms with Crippen LogP contribution >= 0.6 is 24.2 Å². The lowest BCUT2D eigenvalue weighted by Crippen LogP contribution is -2.42. The fraction of sp³-hybridized carbons (Fsp3) is 0.562. The minimum atomic E-state index is 0. The zero-order valence-corrected chi connectivity index (χ0v) is 13.8. The molecule has 21 heavy (non-hydrogen) atoms. The normalized spacial score (nSPS) is 23.0. The van der Waals surface area contributed by atoms with E-state index in [4.69, 9.17) is 0 Å². The molecular formula is C16H23ClN2OS. The van der Waals surface area contributed by atoms with E-state index >= 15 is 0 Å². The van der Waals surface area contributed by atoms with Crippen molar-refractivity contribution in [3.8, 4) is 0 Å². The molecule has 0 bridgehead atoms. The molecule has 1 saturated heterocycles. The van der Waals surface area contributed by atoms with Crippen LogP contribution in [0.1, 0.15) is 24.8 Å². The van der Waals surface area contributed by atoms with Gasteiger partial charge in [0.25, 0.3) is 0 Å². The number of amides is 1. The molecule has 5 heteroatoms. The van der Waals surface area contributed by atoms with E-state index in [0.717, 1.165) is 24.6 Å². The van der Waals surface area contributed by atoms with Gasteiger partial charge in [-0.3, -0.25) is 4.79 Å². The molecule has 1 unspecified atom stereocenters. The second-order valence-corrected chi connectivity index (χ2v) is 7.00. The van der Waals surface area contributed by atoms with E-state index < -0.39 is 0 Å². The molecule has 2 fully saturated rings. The maximum atomic E-state index is 12.1. The largest absolute Gasteiger partial charge is 0.355 e. The van der Waals surface area contributed by atoms with Gasteiger partial charge >= 0.3 is 0 Å². The number of hydrogen-bond acceptors (Lipinski definition) is 3. The third-order valence-electron chi connectivity index (χ3n) is 4.29. The Morgan fingerprint density at radius 3 is 2.71 bits per heavy atom. The summed E-state index contributed by atoms with van der Waals surface area (Å²) >= 11 is 1.94. The van der Waals surface area contributed by atoms with Crippen LogP contribution in [0.25, 0.3) is 0 Å². The standard InChI is InChI=1S/C16H22N2OS.ClH/c19-15(10-14-11-20-9-8-17-14)18-12-16(6-7-16)13-4-2-1-3-5-13;/h1-5,14,17H,6-12H2,(H,18,19);1H. The summed E-state index contributed by atoms with van der Waals surface area (Å²) in [7, 11) is 0. The van der Waals surface area contributed by atoms with Crippen LogP contribution in [0.15, 0.2) is 30.3 Å². The van der Waals surface area contributed by atoms with Crippen molar-refractivity contribution < 1.29 is 4.79 Å². The SMILES string of the molecule is Cl.O=C(CC1CSCCN1)NCC1(c2ccccc2)CC1. The van der Waals surface area contributed by atoms with E-state index in [1.165, 1.54) is 18.4 Å². The summed E-state index contributed by atoms with van der Waals surface area (Å²) in [5.74, 6) is 2.40. The monoisotopic (exact) mass is 326 g/mol. The molecule has 1 saturated carbocycles. The van der Waals surface area contributed by atoms with Crippen LogP contribution in [-0.2, 0) is 10.2 Å². The van der Waals surface area contributed by atoms with Crippen molar-refractivity contribution >= 4 is 30.1 Å². The van der Waals surface area contributed by atoms with Crippen molar-refractivity contribution in [3.63, 3.8) is 0 Å². The number of hydrogen-bond donors (Lipinski definition) is 2. The number of halogens is 1. The lowest BCUT2D eigenvalue weighted by atomic mass is 9.96. The van der Waals surface area contributed by atoms with Crippen molar-refractivity contribution in [1.82, 2.24) is 10.6 Å². The number of thioether (sulfide) groups is 1. The molecule has 1 heterocycles. The van der Waals surface area contributed by atoms with E-state index in [0.29, 0.717) is 12.5 Å². The zero-order chi connectivity index (χ0) is 13.8. The second kappa shape index (κ2) is 7.52. The van der Waals surface area contributed by atoms with E-state index in [2.05, 4.69) is 34.9 Å². The van der Waals surface area contributed by atoms with E-state index in [1.807, 2.05) is 17.8 Å². The highest BCUT2D eigenvalue weighted by atomic mass is 35.5. The van der Waals surface area contributed by atoms with Gasteiger partial charge < -0.3 is 10.6 Å². The van der Waals surface area contributed by atoms with Crippen molar-refractivity contribution in [3.05, 3.63) is 35.9 Å². The molecule has 0 spiro atoms. The lowest BCUT2D eigenvalue weighted by molar-refractivity contribution is -0.121. The molecule has 2 N–H and O–H groups in total. The van der Waals surface area contributed by atoms with Crippen molar-refractivity contribution in [2.75, 3.05) is 24.6 Å². The summed E-state index contributed by atoms with van der Waals surface area (Å²) in [6.45, 7) is 1.81. The second-order valence-electron chi connectivity index (χ2n) is 5.85. The third kappa shape index (κ3) is 4.38. The van der Waals surface area contributed by atoms with Gasteiger partial charge in [0, 0.05) is 42.5 Å². The molecule has 1 aromatic rings. The molecule has 1 atom stereocenters. The quantitative estimate of drug-likeness (QED) is 0.872. The van der Waals surface area contributed by atoms with Crippen LogP contribution in [0.4, 0.5) is 0 Å². The predicted octanol–water partition coefficient (Wildman–Crippen LogP) is 2.35. The topological polar surface area (TPSA) is 41.1 Å². The van der Waals surface area contributed by atoms with Gasteiger partial charge in [-0.05, 0) is 18.4 Å². The Kier molecular flexibility index (Phi) is 5.97. The van der Waals surface area contributed by atoms with Gasteiger partial charge in [-0.2, -0.15) is 11.8 Å². The summed E-state index contributed by atoms with van der Waals surface area (Å²) in [5.41, 5.74) is 1.58. The molecule has 116 valence electrons. The number of carbonyl (C=O) groups is 1. The number of carbonyl (C=O) groups excluding carboxylic acids is 1. The minimum Gasteiger partial charge on any atom is -0.355 e. The molecule has 1 aliphatic heterocycles. The molecule has 0 aromatic heterocycles.